The average Bonchev–Trinajstić information content (AvgIpc) is 2.41. The van der Waals surface area contributed by atoms with Gasteiger partial charge in [0, 0.05) is 19.5 Å². The standard InChI is InChI=1S/C16H23NO/c1-2-16(10-12-18)9-6-11-17(14-16)13-15-7-4-3-5-8-15/h3-5,7-8,12H,2,6,9-11,13-14H2,1H3. The molecule has 98 valence electrons. The maximum absolute atomic E-state index is 10.9. The highest BCUT2D eigenvalue weighted by Gasteiger charge is 2.33. The second-order valence-electron chi connectivity index (χ2n) is 5.52. The van der Waals surface area contributed by atoms with Crippen LogP contribution in [0.25, 0.3) is 0 Å². The summed E-state index contributed by atoms with van der Waals surface area (Å²) in [4.78, 5) is 13.4. The summed E-state index contributed by atoms with van der Waals surface area (Å²) >= 11 is 0. The molecule has 0 saturated carbocycles. The minimum atomic E-state index is 0.231. The predicted octanol–water partition coefficient (Wildman–Crippen LogP) is 3.27. The van der Waals surface area contributed by atoms with Gasteiger partial charge in [0.1, 0.15) is 6.29 Å². The van der Waals surface area contributed by atoms with Crippen LogP contribution in [0.15, 0.2) is 30.3 Å². The number of piperidine rings is 1. The normalized spacial score (nSPS) is 24.9. The van der Waals surface area contributed by atoms with Gasteiger partial charge in [-0.25, -0.2) is 0 Å². The number of nitrogens with zero attached hydrogens (tertiary/aromatic N) is 1. The van der Waals surface area contributed by atoms with Crippen molar-refractivity contribution < 1.29 is 4.79 Å². The number of benzene rings is 1. The summed E-state index contributed by atoms with van der Waals surface area (Å²) in [5, 5.41) is 0. The van der Waals surface area contributed by atoms with E-state index in [4.69, 9.17) is 0 Å². The Kier molecular flexibility index (Phi) is 4.54. The fourth-order valence-electron chi connectivity index (χ4n) is 3.06. The van der Waals surface area contributed by atoms with Crippen LogP contribution in [-0.4, -0.2) is 24.3 Å². The van der Waals surface area contributed by atoms with Gasteiger partial charge in [-0.15, -0.1) is 0 Å². The van der Waals surface area contributed by atoms with E-state index in [1.54, 1.807) is 0 Å². The smallest absolute Gasteiger partial charge is 0.120 e. The topological polar surface area (TPSA) is 20.3 Å². The lowest BCUT2D eigenvalue weighted by Gasteiger charge is -2.41. The third-order valence-corrected chi connectivity index (χ3v) is 4.26. The molecule has 0 amide bonds. The number of hydrogen-bond acceptors (Lipinski definition) is 2. The van der Waals surface area contributed by atoms with Gasteiger partial charge in [-0.3, -0.25) is 4.90 Å². The van der Waals surface area contributed by atoms with E-state index in [9.17, 15) is 4.79 Å². The van der Waals surface area contributed by atoms with Crippen LogP contribution in [0.3, 0.4) is 0 Å². The third-order valence-electron chi connectivity index (χ3n) is 4.26. The molecule has 0 bridgehead atoms. The van der Waals surface area contributed by atoms with E-state index in [0.717, 1.165) is 38.8 Å². The van der Waals surface area contributed by atoms with E-state index in [1.807, 2.05) is 0 Å². The Morgan fingerprint density at radius 3 is 2.78 bits per heavy atom. The van der Waals surface area contributed by atoms with Crippen LogP contribution >= 0.6 is 0 Å². The predicted molar refractivity (Wildman–Crippen MR) is 74.4 cm³/mol. The zero-order valence-electron chi connectivity index (χ0n) is 11.3. The van der Waals surface area contributed by atoms with Crippen molar-refractivity contribution in [2.24, 2.45) is 5.41 Å². The Hall–Kier alpha value is -1.15. The maximum Gasteiger partial charge on any atom is 0.120 e. The zero-order chi connectivity index (χ0) is 12.8. The first-order chi connectivity index (χ1) is 8.78. The van der Waals surface area contributed by atoms with Crippen molar-refractivity contribution in [1.82, 2.24) is 4.90 Å². The molecule has 2 nitrogen and oxygen atoms in total. The fourth-order valence-corrected chi connectivity index (χ4v) is 3.06. The molecule has 1 aliphatic heterocycles. The molecule has 1 aromatic rings. The SMILES string of the molecule is CCC1(CC=O)CCCN(Cc2ccccc2)C1. The molecule has 18 heavy (non-hydrogen) atoms. The summed E-state index contributed by atoms with van der Waals surface area (Å²) in [6.07, 6.45) is 5.35. The van der Waals surface area contributed by atoms with Crippen molar-refractivity contribution in [2.75, 3.05) is 13.1 Å². The lowest BCUT2D eigenvalue weighted by atomic mass is 9.75. The van der Waals surface area contributed by atoms with Gasteiger partial charge in [-0.1, -0.05) is 37.3 Å². The van der Waals surface area contributed by atoms with E-state index < -0.39 is 0 Å². The Morgan fingerprint density at radius 2 is 2.11 bits per heavy atom. The van der Waals surface area contributed by atoms with Gasteiger partial charge in [-0.05, 0) is 36.8 Å². The molecule has 1 saturated heterocycles. The molecule has 1 aliphatic rings. The molecule has 0 aliphatic carbocycles. The van der Waals surface area contributed by atoms with Gasteiger partial charge in [-0.2, -0.15) is 0 Å². The summed E-state index contributed by atoms with van der Waals surface area (Å²) < 4.78 is 0. The minimum absolute atomic E-state index is 0.231. The number of carbonyl (C=O) groups excluding carboxylic acids is 1. The molecule has 1 fully saturated rings. The Balaban J connectivity index is 2.00. The van der Waals surface area contributed by atoms with Gasteiger partial charge in [0.25, 0.3) is 0 Å². The Bertz CT molecular complexity index is 376. The summed E-state index contributed by atoms with van der Waals surface area (Å²) in [6, 6.07) is 10.6. The second kappa shape index (κ2) is 6.14. The number of aldehydes is 1. The van der Waals surface area contributed by atoms with Crippen molar-refractivity contribution >= 4 is 6.29 Å². The van der Waals surface area contributed by atoms with Gasteiger partial charge in [0.05, 0.1) is 0 Å². The molecule has 0 N–H and O–H groups in total. The van der Waals surface area contributed by atoms with Crippen LogP contribution < -0.4 is 0 Å². The van der Waals surface area contributed by atoms with Crippen molar-refractivity contribution in [3.8, 4) is 0 Å². The Labute approximate surface area is 110 Å². The molecule has 1 aromatic carbocycles. The molecule has 0 radical (unpaired) electrons. The summed E-state index contributed by atoms with van der Waals surface area (Å²) in [7, 11) is 0. The minimum Gasteiger partial charge on any atom is -0.303 e. The largest absolute Gasteiger partial charge is 0.303 e. The van der Waals surface area contributed by atoms with Crippen LogP contribution in [0.2, 0.25) is 0 Å². The van der Waals surface area contributed by atoms with Gasteiger partial charge in [0.2, 0.25) is 0 Å². The van der Waals surface area contributed by atoms with E-state index >= 15 is 0 Å². The molecule has 2 rings (SSSR count). The number of rotatable bonds is 5. The van der Waals surface area contributed by atoms with E-state index in [-0.39, 0.29) is 5.41 Å². The summed E-state index contributed by atoms with van der Waals surface area (Å²) in [5.74, 6) is 0. The highest BCUT2D eigenvalue weighted by molar-refractivity contribution is 5.50. The van der Waals surface area contributed by atoms with Crippen LogP contribution in [-0.2, 0) is 11.3 Å². The highest BCUT2D eigenvalue weighted by atomic mass is 16.1. The average molecular weight is 245 g/mol. The van der Waals surface area contributed by atoms with E-state index in [2.05, 4.69) is 42.2 Å². The molecule has 2 heteroatoms. The van der Waals surface area contributed by atoms with E-state index in [0.29, 0.717) is 0 Å². The number of carbonyl (C=O) groups is 1. The molecular weight excluding hydrogens is 222 g/mol. The monoisotopic (exact) mass is 245 g/mol. The molecule has 0 aromatic heterocycles. The van der Waals surface area contributed by atoms with Crippen molar-refractivity contribution in [2.45, 2.75) is 39.2 Å². The van der Waals surface area contributed by atoms with Crippen LogP contribution in [0.4, 0.5) is 0 Å². The maximum atomic E-state index is 10.9. The highest BCUT2D eigenvalue weighted by Crippen LogP contribution is 2.36. The number of hydrogen-bond donors (Lipinski definition) is 0. The van der Waals surface area contributed by atoms with Crippen molar-refractivity contribution in [3.05, 3.63) is 35.9 Å². The van der Waals surface area contributed by atoms with Crippen molar-refractivity contribution in [3.63, 3.8) is 0 Å². The quantitative estimate of drug-likeness (QED) is 0.742. The van der Waals surface area contributed by atoms with Gasteiger partial charge in [0.15, 0.2) is 0 Å². The van der Waals surface area contributed by atoms with Crippen molar-refractivity contribution in [1.29, 1.82) is 0 Å². The number of likely N-dealkylation sites (tertiary alicyclic amines) is 1. The first kappa shape index (κ1) is 13.3. The lowest BCUT2D eigenvalue weighted by Crippen LogP contribution is -2.42. The molecule has 1 heterocycles. The fraction of sp³-hybridized carbons (Fsp3) is 0.562. The Morgan fingerprint density at radius 1 is 1.33 bits per heavy atom. The van der Waals surface area contributed by atoms with E-state index in [1.165, 1.54) is 18.4 Å². The second-order valence-corrected chi connectivity index (χ2v) is 5.52. The first-order valence-corrected chi connectivity index (χ1v) is 6.98. The summed E-state index contributed by atoms with van der Waals surface area (Å²) in [6.45, 7) is 5.46. The zero-order valence-corrected chi connectivity index (χ0v) is 11.3. The third kappa shape index (κ3) is 3.20. The molecule has 1 unspecified atom stereocenters. The van der Waals surface area contributed by atoms with Crippen LogP contribution in [0.5, 0.6) is 0 Å². The first-order valence-electron chi connectivity index (χ1n) is 6.98. The van der Waals surface area contributed by atoms with Crippen LogP contribution in [0.1, 0.15) is 38.2 Å². The van der Waals surface area contributed by atoms with Gasteiger partial charge < -0.3 is 4.79 Å². The molecule has 0 spiro atoms. The molecule has 1 atom stereocenters. The summed E-state index contributed by atoms with van der Waals surface area (Å²) in [5.41, 5.74) is 1.60. The van der Waals surface area contributed by atoms with Gasteiger partial charge >= 0.3 is 0 Å². The van der Waals surface area contributed by atoms with Crippen LogP contribution in [0, 0.1) is 5.41 Å². The lowest BCUT2D eigenvalue weighted by molar-refractivity contribution is -0.111. The molecular formula is C16H23NO.